The van der Waals surface area contributed by atoms with Crippen LogP contribution in [0.5, 0.6) is 0 Å². The molecule has 0 N–H and O–H groups in total. The highest BCUT2D eigenvalue weighted by Crippen LogP contribution is 2.67. The predicted octanol–water partition coefficient (Wildman–Crippen LogP) is 5.67. The van der Waals surface area contributed by atoms with Crippen LogP contribution in [0.25, 0.3) is 0 Å². The molecule has 0 aromatic rings. The zero-order chi connectivity index (χ0) is 12.4. The highest BCUT2D eigenvalue weighted by molar-refractivity contribution is 5.08. The minimum Gasteiger partial charge on any atom is -0.0654 e. The van der Waals surface area contributed by atoms with Gasteiger partial charge in [-0.25, -0.2) is 0 Å². The summed E-state index contributed by atoms with van der Waals surface area (Å²) in [4.78, 5) is 0. The summed E-state index contributed by atoms with van der Waals surface area (Å²) in [7, 11) is 0. The lowest BCUT2D eigenvalue weighted by molar-refractivity contribution is 0.0383. The third kappa shape index (κ3) is 2.17. The first-order chi connectivity index (χ1) is 7.44. The Morgan fingerprint density at radius 3 is 2.00 bits per heavy atom. The van der Waals surface area contributed by atoms with E-state index in [0.717, 1.165) is 11.8 Å². The fraction of sp³-hybridized carbons (Fsp3) is 1.00. The third-order valence-electron chi connectivity index (χ3n) is 5.87. The average molecular weight is 224 g/mol. The minimum absolute atomic E-state index is 0.570. The largest absolute Gasteiger partial charge is 0.0654 e. The number of rotatable bonds is 7. The summed E-state index contributed by atoms with van der Waals surface area (Å²) in [5, 5.41) is 0. The van der Waals surface area contributed by atoms with Crippen molar-refractivity contribution in [1.29, 1.82) is 0 Å². The fourth-order valence-corrected chi connectivity index (χ4v) is 3.88. The first-order valence-corrected chi connectivity index (χ1v) is 7.44. The lowest BCUT2D eigenvalue weighted by Gasteiger charge is -2.45. The SMILES string of the molecule is CCCCC(C)C1(C(C)(CC)C(C)C)CC1. The number of hydrogen-bond donors (Lipinski definition) is 0. The van der Waals surface area contributed by atoms with Gasteiger partial charge >= 0.3 is 0 Å². The molecule has 2 unspecified atom stereocenters. The van der Waals surface area contributed by atoms with Gasteiger partial charge in [0.05, 0.1) is 0 Å². The molecule has 1 saturated carbocycles. The molecule has 0 radical (unpaired) electrons. The van der Waals surface area contributed by atoms with Gasteiger partial charge in [-0.3, -0.25) is 0 Å². The molecular weight excluding hydrogens is 192 g/mol. The van der Waals surface area contributed by atoms with E-state index >= 15 is 0 Å². The van der Waals surface area contributed by atoms with Crippen LogP contribution in [-0.2, 0) is 0 Å². The lowest BCUT2D eigenvalue weighted by atomic mass is 9.60. The molecule has 16 heavy (non-hydrogen) atoms. The maximum absolute atomic E-state index is 2.55. The smallest absolute Gasteiger partial charge is 0.0215 e. The Kier molecular flexibility index (Phi) is 4.49. The van der Waals surface area contributed by atoms with Crippen LogP contribution in [0, 0.1) is 22.7 Å². The Morgan fingerprint density at radius 2 is 1.69 bits per heavy atom. The molecule has 0 heterocycles. The molecule has 0 aromatic heterocycles. The number of unbranched alkanes of at least 4 members (excludes halogenated alkanes) is 1. The van der Waals surface area contributed by atoms with Crippen LogP contribution < -0.4 is 0 Å². The van der Waals surface area contributed by atoms with Gasteiger partial charge in [-0.05, 0) is 41.9 Å². The van der Waals surface area contributed by atoms with E-state index in [4.69, 9.17) is 0 Å². The van der Waals surface area contributed by atoms with Gasteiger partial charge in [0.1, 0.15) is 0 Å². The minimum atomic E-state index is 0.570. The molecule has 0 aromatic carbocycles. The molecular formula is C16H32. The zero-order valence-electron chi connectivity index (χ0n) is 12.4. The summed E-state index contributed by atoms with van der Waals surface area (Å²) >= 11 is 0. The maximum atomic E-state index is 2.55. The van der Waals surface area contributed by atoms with Crippen molar-refractivity contribution in [3.63, 3.8) is 0 Å². The van der Waals surface area contributed by atoms with Crippen molar-refractivity contribution in [2.75, 3.05) is 0 Å². The second-order valence-electron chi connectivity index (χ2n) is 6.63. The topological polar surface area (TPSA) is 0 Å². The van der Waals surface area contributed by atoms with Crippen LogP contribution in [0.2, 0.25) is 0 Å². The summed E-state index contributed by atoms with van der Waals surface area (Å²) in [5.41, 5.74) is 1.26. The van der Waals surface area contributed by atoms with E-state index in [0.29, 0.717) is 10.8 Å². The highest BCUT2D eigenvalue weighted by Gasteiger charge is 2.58. The molecule has 1 fully saturated rings. The summed E-state index contributed by atoms with van der Waals surface area (Å²) < 4.78 is 0. The van der Waals surface area contributed by atoms with Gasteiger partial charge in [-0.15, -0.1) is 0 Å². The molecule has 1 aliphatic rings. The Hall–Kier alpha value is 0. The summed E-state index contributed by atoms with van der Waals surface area (Å²) in [5.74, 6) is 1.75. The van der Waals surface area contributed by atoms with Crippen LogP contribution in [0.4, 0.5) is 0 Å². The van der Waals surface area contributed by atoms with Crippen molar-refractivity contribution in [2.45, 2.75) is 80.1 Å². The Bertz CT molecular complexity index is 212. The Labute approximate surface area is 103 Å². The molecule has 0 aliphatic heterocycles. The van der Waals surface area contributed by atoms with E-state index in [1.807, 2.05) is 0 Å². The van der Waals surface area contributed by atoms with E-state index in [2.05, 4.69) is 41.5 Å². The fourth-order valence-electron chi connectivity index (χ4n) is 3.88. The summed E-state index contributed by atoms with van der Waals surface area (Å²) in [6.07, 6.45) is 8.53. The van der Waals surface area contributed by atoms with E-state index in [1.165, 1.54) is 38.5 Å². The maximum Gasteiger partial charge on any atom is -0.0215 e. The van der Waals surface area contributed by atoms with Crippen molar-refractivity contribution < 1.29 is 0 Å². The molecule has 1 aliphatic carbocycles. The van der Waals surface area contributed by atoms with Crippen molar-refractivity contribution in [1.82, 2.24) is 0 Å². The molecule has 0 nitrogen and oxygen atoms in total. The molecule has 96 valence electrons. The molecule has 0 heteroatoms. The monoisotopic (exact) mass is 224 g/mol. The average Bonchev–Trinajstić information content (AvgIpc) is 3.05. The second kappa shape index (κ2) is 5.10. The summed E-state index contributed by atoms with van der Waals surface area (Å²) in [6, 6.07) is 0. The van der Waals surface area contributed by atoms with E-state index in [-0.39, 0.29) is 0 Å². The van der Waals surface area contributed by atoms with Gasteiger partial charge in [-0.1, -0.05) is 60.8 Å². The van der Waals surface area contributed by atoms with Crippen LogP contribution >= 0.6 is 0 Å². The van der Waals surface area contributed by atoms with Crippen LogP contribution in [-0.4, -0.2) is 0 Å². The van der Waals surface area contributed by atoms with Crippen molar-refractivity contribution >= 4 is 0 Å². The second-order valence-corrected chi connectivity index (χ2v) is 6.63. The highest BCUT2D eigenvalue weighted by atomic mass is 14.6. The van der Waals surface area contributed by atoms with Gasteiger partial charge in [-0.2, -0.15) is 0 Å². The number of hydrogen-bond acceptors (Lipinski definition) is 0. The molecule has 0 amide bonds. The van der Waals surface area contributed by atoms with Gasteiger partial charge < -0.3 is 0 Å². The van der Waals surface area contributed by atoms with Gasteiger partial charge in [0, 0.05) is 0 Å². The van der Waals surface area contributed by atoms with E-state index in [1.54, 1.807) is 0 Å². The molecule has 2 atom stereocenters. The van der Waals surface area contributed by atoms with Gasteiger partial charge in [0.25, 0.3) is 0 Å². The van der Waals surface area contributed by atoms with Crippen molar-refractivity contribution in [3.05, 3.63) is 0 Å². The van der Waals surface area contributed by atoms with Crippen LogP contribution in [0.15, 0.2) is 0 Å². The van der Waals surface area contributed by atoms with Crippen molar-refractivity contribution in [2.24, 2.45) is 22.7 Å². The van der Waals surface area contributed by atoms with Crippen LogP contribution in [0.3, 0.4) is 0 Å². The molecule has 0 bridgehead atoms. The Morgan fingerprint density at radius 1 is 1.12 bits per heavy atom. The third-order valence-corrected chi connectivity index (χ3v) is 5.87. The molecule has 0 saturated heterocycles. The normalized spacial score (nSPS) is 24.2. The first-order valence-electron chi connectivity index (χ1n) is 7.44. The predicted molar refractivity (Wildman–Crippen MR) is 73.6 cm³/mol. The van der Waals surface area contributed by atoms with Gasteiger partial charge in [0.15, 0.2) is 0 Å². The molecule has 1 rings (SSSR count). The van der Waals surface area contributed by atoms with E-state index < -0.39 is 0 Å². The zero-order valence-corrected chi connectivity index (χ0v) is 12.4. The van der Waals surface area contributed by atoms with Crippen LogP contribution in [0.1, 0.15) is 80.1 Å². The van der Waals surface area contributed by atoms with Crippen molar-refractivity contribution in [3.8, 4) is 0 Å². The Balaban J connectivity index is 2.75. The first kappa shape index (κ1) is 14.1. The quantitative estimate of drug-likeness (QED) is 0.523. The van der Waals surface area contributed by atoms with Gasteiger partial charge in [0.2, 0.25) is 0 Å². The molecule has 0 spiro atoms. The lowest BCUT2D eigenvalue weighted by Crippen LogP contribution is -2.38. The van der Waals surface area contributed by atoms with E-state index in [9.17, 15) is 0 Å². The standard InChI is InChI=1S/C16H32/c1-7-9-10-14(5)16(11-12-16)15(6,8-2)13(3)4/h13-14H,7-12H2,1-6H3. The summed E-state index contributed by atoms with van der Waals surface area (Å²) in [6.45, 7) is 14.6.